The van der Waals surface area contributed by atoms with E-state index in [4.69, 9.17) is 0 Å². The smallest absolute Gasteiger partial charge is 0.123 e. The Morgan fingerprint density at radius 2 is 0.767 bits per heavy atom. The predicted molar refractivity (Wildman–Crippen MR) is 190 cm³/mol. The molecule has 1 aliphatic rings. The molecule has 4 aromatic rings. The van der Waals surface area contributed by atoms with Crippen LogP contribution in [0.2, 0.25) is 0 Å². The zero-order chi connectivity index (χ0) is 30.7. The average molecular weight is 587 g/mol. The van der Waals surface area contributed by atoms with Crippen LogP contribution >= 0.6 is 7.92 Å². The minimum absolute atomic E-state index is 0.399. The van der Waals surface area contributed by atoms with Crippen molar-refractivity contribution in [2.75, 3.05) is 9.80 Å². The fourth-order valence-corrected chi connectivity index (χ4v) is 8.14. The van der Waals surface area contributed by atoms with Gasteiger partial charge in [-0.3, -0.25) is 0 Å². The SMILES string of the molecule is CC(C)c1cccc(C(C)C)c1N1C=CN(c2c(C(C)C)cccc2C(C)C)C1=CP(c1ccccc1)c1ccccc1. The average Bonchev–Trinajstić information content (AvgIpc) is 3.42. The number of hydrogen-bond donors (Lipinski definition) is 0. The Balaban J connectivity index is 1.82. The molecule has 0 N–H and O–H groups in total. The van der Waals surface area contributed by atoms with Gasteiger partial charge in [-0.1, -0.05) is 152 Å². The molecular weight excluding hydrogens is 539 g/mol. The molecule has 0 atom stereocenters. The molecule has 1 aliphatic heterocycles. The molecule has 0 saturated carbocycles. The molecule has 2 nitrogen and oxygen atoms in total. The molecule has 0 bridgehead atoms. The lowest BCUT2D eigenvalue weighted by molar-refractivity contribution is 0.820. The van der Waals surface area contributed by atoms with E-state index in [2.05, 4.69) is 180 Å². The van der Waals surface area contributed by atoms with Gasteiger partial charge in [0.1, 0.15) is 5.82 Å². The maximum absolute atomic E-state index is 2.56. The van der Waals surface area contributed by atoms with Crippen molar-refractivity contribution in [3.63, 3.8) is 0 Å². The van der Waals surface area contributed by atoms with E-state index in [0.29, 0.717) is 23.7 Å². The molecule has 222 valence electrons. The van der Waals surface area contributed by atoms with Crippen LogP contribution in [-0.4, -0.2) is 0 Å². The summed E-state index contributed by atoms with van der Waals surface area (Å²) in [5, 5.41) is 2.70. The van der Waals surface area contributed by atoms with Gasteiger partial charge in [0.25, 0.3) is 0 Å². The topological polar surface area (TPSA) is 6.48 Å². The third-order valence-electron chi connectivity index (χ3n) is 8.34. The standard InChI is InChI=1S/C40H47N2P/c1-28(2)34-21-15-22-35(29(3)4)39(34)41-25-26-42(40-36(30(5)6)23-16-24-37(40)31(7)8)38(41)27-43(32-17-11-9-12-18-32)33-19-13-10-14-20-33/h9-31H,1-8H3. The van der Waals surface area contributed by atoms with Crippen LogP contribution in [0.15, 0.2) is 121 Å². The number of anilines is 2. The Morgan fingerprint density at radius 3 is 1.07 bits per heavy atom. The molecule has 0 fully saturated rings. The third-order valence-corrected chi connectivity index (χ3v) is 10.5. The van der Waals surface area contributed by atoms with Crippen LogP contribution in [0, 0.1) is 0 Å². The van der Waals surface area contributed by atoms with Crippen molar-refractivity contribution in [2.24, 2.45) is 0 Å². The molecule has 5 rings (SSSR count). The lowest BCUT2D eigenvalue weighted by atomic mass is 9.91. The maximum Gasteiger partial charge on any atom is 0.123 e. The van der Waals surface area contributed by atoms with Crippen molar-refractivity contribution in [2.45, 2.75) is 79.1 Å². The Morgan fingerprint density at radius 1 is 0.442 bits per heavy atom. The van der Waals surface area contributed by atoms with Gasteiger partial charge in [0.05, 0.1) is 11.4 Å². The van der Waals surface area contributed by atoms with Crippen LogP contribution in [0.4, 0.5) is 11.4 Å². The number of para-hydroxylation sites is 2. The molecule has 0 saturated heterocycles. The van der Waals surface area contributed by atoms with Crippen LogP contribution in [0.5, 0.6) is 0 Å². The normalized spacial score (nSPS) is 13.5. The molecular formula is C40H47N2P. The second kappa shape index (κ2) is 13.4. The van der Waals surface area contributed by atoms with E-state index >= 15 is 0 Å². The Bertz CT molecular complexity index is 1410. The number of hydrogen-bond acceptors (Lipinski definition) is 2. The fourth-order valence-electron chi connectivity index (χ4n) is 6.08. The number of benzene rings is 4. The van der Waals surface area contributed by atoms with Crippen LogP contribution in [0.1, 0.15) is 101 Å². The summed E-state index contributed by atoms with van der Waals surface area (Å²) in [6.45, 7) is 18.5. The maximum atomic E-state index is 2.56. The van der Waals surface area contributed by atoms with Crippen molar-refractivity contribution in [1.29, 1.82) is 0 Å². The van der Waals surface area contributed by atoms with Crippen LogP contribution < -0.4 is 20.4 Å². The van der Waals surface area contributed by atoms with Gasteiger partial charge in [0.15, 0.2) is 0 Å². The Kier molecular flexibility index (Phi) is 9.58. The zero-order valence-corrected chi connectivity index (χ0v) is 28.0. The third kappa shape index (κ3) is 6.36. The summed E-state index contributed by atoms with van der Waals surface area (Å²) in [5.41, 5.74) is 8.17. The summed E-state index contributed by atoms with van der Waals surface area (Å²) in [4.78, 5) is 4.99. The molecule has 0 aliphatic carbocycles. The van der Waals surface area contributed by atoms with Gasteiger partial charge in [0, 0.05) is 12.4 Å². The van der Waals surface area contributed by atoms with Gasteiger partial charge in [-0.2, -0.15) is 0 Å². The van der Waals surface area contributed by atoms with E-state index in [9.17, 15) is 0 Å². The first-order valence-corrected chi connectivity index (χ1v) is 17.2. The van der Waals surface area contributed by atoms with E-state index < -0.39 is 7.92 Å². The quantitative estimate of drug-likeness (QED) is 0.180. The lowest BCUT2D eigenvalue weighted by Crippen LogP contribution is -2.27. The highest BCUT2D eigenvalue weighted by atomic mass is 31.1. The van der Waals surface area contributed by atoms with Crippen molar-refractivity contribution < 1.29 is 0 Å². The second-order valence-electron chi connectivity index (χ2n) is 12.8. The summed E-state index contributed by atoms with van der Waals surface area (Å²) in [6, 6.07) is 35.8. The van der Waals surface area contributed by atoms with Gasteiger partial charge in [0.2, 0.25) is 0 Å². The van der Waals surface area contributed by atoms with E-state index in [1.807, 2.05) is 0 Å². The largest absolute Gasteiger partial charge is 0.301 e. The predicted octanol–water partition coefficient (Wildman–Crippen LogP) is 10.9. The summed E-state index contributed by atoms with van der Waals surface area (Å²) in [7, 11) is -0.781. The number of nitrogens with zero attached hydrogens (tertiary/aromatic N) is 2. The lowest BCUT2D eigenvalue weighted by Gasteiger charge is -2.34. The molecule has 1 heterocycles. The van der Waals surface area contributed by atoms with Crippen LogP contribution in [0.3, 0.4) is 0 Å². The summed E-state index contributed by atoms with van der Waals surface area (Å²) < 4.78 is 0. The van der Waals surface area contributed by atoms with Gasteiger partial charge >= 0.3 is 0 Å². The molecule has 0 spiro atoms. The summed E-state index contributed by atoms with van der Waals surface area (Å²) in [5.74, 6) is 5.37. The zero-order valence-electron chi connectivity index (χ0n) is 27.1. The molecule has 43 heavy (non-hydrogen) atoms. The van der Waals surface area contributed by atoms with Crippen molar-refractivity contribution in [3.8, 4) is 0 Å². The summed E-state index contributed by atoms with van der Waals surface area (Å²) >= 11 is 0. The molecule has 0 unspecified atom stereocenters. The van der Waals surface area contributed by atoms with Gasteiger partial charge < -0.3 is 9.80 Å². The molecule has 0 radical (unpaired) electrons. The second-order valence-corrected chi connectivity index (χ2v) is 14.8. The first-order valence-electron chi connectivity index (χ1n) is 15.8. The van der Waals surface area contributed by atoms with Crippen molar-refractivity contribution in [3.05, 3.63) is 143 Å². The Labute approximate surface area is 261 Å². The fraction of sp³-hybridized carbons (Fsp3) is 0.300. The molecule has 4 aromatic carbocycles. The minimum atomic E-state index is -0.781. The van der Waals surface area contributed by atoms with E-state index in [0.717, 1.165) is 0 Å². The van der Waals surface area contributed by atoms with Crippen molar-refractivity contribution in [1.82, 2.24) is 0 Å². The first kappa shape index (κ1) is 30.8. The van der Waals surface area contributed by atoms with Gasteiger partial charge in [-0.25, -0.2) is 0 Å². The summed E-state index contributed by atoms with van der Waals surface area (Å²) in [6.07, 6.45) is 4.62. The molecule has 0 aromatic heterocycles. The Hall–Kier alpha value is -3.61. The minimum Gasteiger partial charge on any atom is -0.301 e. The number of rotatable bonds is 9. The van der Waals surface area contributed by atoms with Gasteiger partial charge in [-0.15, -0.1) is 0 Å². The van der Waals surface area contributed by atoms with Crippen molar-refractivity contribution >= 4 is 29.9 Å². The van der Waals surface area contributed by atoms with E-state index in [-0.39, 0.29) is 0 Å². The van der Waals surface area contributed by atoms with Crippen LogP contribution in [-0.2, 0) is 0 Å². The van der Waals surface area contributed by atoms with Gasteiger partial charge in [-0.05, 0) is 70.3 Å². The first-order chi connectivity index (χ1) is 20.7. The highest BCUT2D eigenvalue weighted by Crippen LogP contribution is 2.47. The molecule has 0 amide bonds. The molecule has 3 heteroatoms. The monoisotopic (exact) mass is 586 g/mol. The van der Waals surface area contributed by atoms with Crippen LogP contribution in [0.25, 0.3) is 0 Å². The van der Waals surface area contributed by atoms with E-state index in [1.54, 1.807) is 0 Å². The highest BCUT2D eigenvalue weighted by Gasteiger charge is 2.32. The van der Waals surface area contributed by atoms with E-state index in [1.165, 1.54) is 50.1 Å². The highest BCUT2D eigenvalue weighted by molar-refractivity contribution is 7.75.